The third-order valence-corrected chi connectivity index (χ3v) is 6.06. The third-order valence-electron chi connectivity index (χ3n) is 6.06. The number of benzene rings is 2. The second-order valence-electron chi connectivity index (χ2n) is 9.39. The smallest absolute Gasteiger partial charge is 0.295 e. The van der Waals surface area contributed by atoms with Crippen molar-refractivity contribution in [1.29, 1.82) is 0 Å². The second-order valence-corrected chi connectivity index (χ2v) is 9.39. The number of ketones is 1. The summed E-state index contributed by atoms with van der Waals surface area (Å²) in [7, 11) is 1.47. The number of carbonyl (C=O) groups excluding carboxylic acids is 2. The number of nitrogens with zero attached hydrogens (tertiary/aromatic N) is 1. The first kappa shape index (κ1) is 24.5. The monoisotopic (exact) mass is 453 g/mol. The number of likely N-dealkylation sites (tertiary alicyclic amines) is 1. The van der Waals surface area contributed by atoms with Gasteiger partial charge in [-0.1, -0.05) is 64.8 Å². The highest BCUT2D eigenvalue weighted by atomic mass is 19.1. The molecule has 0 saturated carbocycles. The first-order valence-corrected chi connectivity index (χ1v) is 11.3. The van der Waals surface area contributed by atoms with Crippen LogP contribution in [-0.2, 0) is 15.0 Å². The van der Waals surface area contributed by atoms with Crippen molar-refractivity contribution in [2.45, 2.75) is 58.4 Å². The van der Waals surface area contributed by atoms with Crippen LogP contribution in [0.1, 0.15) is 69.7 Å². The fourth-order valence-electron chi connectivity index (χ4n) is 4.17. The predicted molar refractivity (Wildman–Crippen MR) is 127 cm³/mol. The molecule has 0 aromatic heterocycles. The number of methoxy groups -OCH3 is 1. The van der Waals surface area contributed by atoms with E-state index in [9.17, 15) is 19.1 Å². The van der Waals surface area contributed by atoms with Gasteiger partial charge in [0.2, 0.25) is 0 Å². The first-order valence-electron chi connectivity index (χ1n) is 11.3. The number of ether oxygens (including phenoxy) is 1. The van der Waals surface area contributed by atoms with Crippen LogP contribution in [0.3, 0.4) is 0 Å². The van der Waals surface area contributed by atoms with Gasteiger partial charge >= 0.3 is 0 Å². The predicted octanol–water partition coefficient (Wildman–Crippen LogP) is 5.74. The molecular weight excluding hydrogens is 421 g/mol. The summed E-state index contributed by atoms with van der Waals surface area (Å²) >= 11 is 0. The van der Waals surface area contributed by atoms with Crippen LogP contribution in [0.5, 0.6) is 5.75 Å². The summed E-state index contributed by atoms with van der Waals surface area (Å²) in [6.45, 7) is 8.43. The van der Waals surface area contributed by atoms with Crippen LogP contribution in [0.2, 0.25) is 0 Å². The Labute approximate surface area is 194 Å². The Bertz CT molecular complexity index is 1080. The molecule has 33 heavy (non-hydrogen) atoms. The molecule has 1 aliphatic rings. The number of hydrogen-bond acceptors (Lipinski definition) is 4. The van der Waals surface area contributed by atoms with Gasteiger partial charge in [0.1, 0.15) is 17.3 Å². The highest BCUT2D eigenvalue weighted by molar-refractivity contribution is 6.46. The molecule has 3 rings (SSSR count). The van der Waals surface area contributed by atoms with Crippen LogP contribution in [-0.4, -0.2) is 35.4 Å². The Morgan fingerprint density at radius 1 is 1.12 bits per heavy atom. The first-order chi connectivity index (χ1) is 15.6. The van der Waals surface area contributed by atoms with Gasteiger partial charge in [0.05, 0.1) is 24.3 Å². The van der Waals surface area contributed by atoms with Gasteiger partial charge < -0.3 is 14.7 Å². The summed E-state index contributed by atoms with van der Waals surface area (Å²) < 4.78 is 20.3. The molecule has 1 heterocycles. The highest BCUT2D eigenvalue weighted by Gasteiger charge is 2.47. The van der Waals surface area contributed by atoms with Gasteiger partial charge in [-0.25, -0.2) is 4.39 Å². The third kappa shape index (κ3) is 4.80. The number of rotatable bonds is 7. The van der Waals surface area contributed by atoms with Crippen LogP contribution in [0, 0.1) is 5.82 Å². The van der Waals surface area contributed by atoms with Gasteiger partial charge in [0.25, 0.3) is 11.7 Å². The number of hydrogen-bond donors (Lipinski definition) is 1. The molecule has 1 N–H and O–H groups in total. The fourth-order valence-corrected chi connectivity index (χ4v) is 4.17. The van der Waals surface area contributed by atoms with Gasteiger partial charge in [-0.05, 0) is 35.6 Å². The van der Waals surface area contributed by atoms with E-state index < -0.39 is 23.5 Å². The molecule has 2 aromatic carbocycles. The number of carbonyl (C=O) groups is 2. The zero-order chi connectivity index (χ0) is 24.3. The lowest BCUT2D eigenvalue weighted by Crippen LogP contribution is -2.31. The number of Topliss-reactive ketones (excluding diaryl/α,β-unsaturated/α-hetero) is 1. The molecule has 1 aliphatic heterocycles. The molecule has 1 saturated heterocycles. The van der Waals surface area contributed by atoms with E-state index in [0.717, 1.165) is 18.4 Å². The van der Waals surface area contributed by atoms with Gasteiger partial charge in [-0.3, -0.25) is 9.59 Å². The average Bonchev–Trinajstić information content (AvgIpc) is 3.03. The molecule has 1 fully saturated rings. The van der Waals surface area contributed by atoms with Gasteiger partial charge in [-0.15, -0.1) is 0 Å². The topological polar surface area (TPSA) is 66.8 Å². The lowest BCUT2D eigenvalue weighted by molar-refractivity contribution is -0.139. The molecule has 1 unspecified atom stereocenters. The summed E-state index contributed by atoms with van der Waals surface area (Å²) in [4.78, 5) is 27.5. The number of unbranched alkanes of at least 4 members (excludes halogenated alkanes) is 2. The highest BCUT2D eigenvalue weighted by Crippen LogP contribution is 2.42. The Morgan fingerprint density at radius 2 is 1.82 bits per heavy atom. The standard InChI is InChI=1S/C27H32FNO4/c1-6-7-10-15-29-23(18-11-8-9-12-20(18)28)22(25(31)26(29)32)24(30)19-16-17(27(2,3)4)13-14-21(19)33-5/h8-9,11-14,16,23,30H,6-7,10,15H2,1-5H3/b24-22+. The van der Waals surface area contributed by atoms with Crippen LogP contribution in [0.15, 0.2) is 48.0 Å². The SMILES string of the molecule is CCCCCN1C(=O)C(=O)/C(=C(/O)c2cc(C(C)(C)C)ccc2OC)C1c1ccccc1F. The summed E-state index contributed by atoms with van der Waals surface area (Å²) in [6, 6.07) is 10.4. The van der Waals surface area contributed by atoms with Crippen molar-refractivity contribution in [2.75, 3.05) is 13.7 Å². The van der Waals surface area contributed by atoms with E-state index in [1.54, 1.807) is 30.3 Å². The molecule has 176 valence electrons. The minimum Gasteiger partial charge on any atom is -0.507 e. The maximum atomic E-state index is 14.9. The van der Waals surface area contributed by atoms with Crippen LogP contribution in [0.4, 0.5) is 4.39 Å². The molecule has 0 bridgehead atoms. The lowest BCUT2D eigenvalue weighted by Gasteiger charge is -2.26. The van der Waals surface area contributed by atoms with Crippen molar-refractivity contribution in [3.05, 3.63) is 70.5 Å². The van der Waals surface area contributed by atoms with Crippen LogP contribution in [0.25, 0.3) is 5.76 Å². The average molecular weight is 454 g/mol. The summed E-state index contributed by atoms with van der Waals surface area (Å²) in [5, 5.41) is 11.4. The van der Waals surface area contributed by atoms with Gasteiger partial charge in [-0.2, -0.15) is 0 Å². The Balaban J connectivity index is 2.24. The maximum Gasteiger partial charge on any atom is 0.295 e. The van der Waals surface area contributed by atoms with Crippen molar-refractivity contribution in [3.63, 3.8) is 0 Å². The lowest BCUT2D eigenvalue weighted by atomic mass is 9.85. The molecule has 2 aromatic rings. The van der Waals surface area contributed by atoms with Gasteiger partial charge in [0, 0.05) is 12.1 Å². The van der Waals surface area contributed by atoms with E-state index in [2.05, 4.69) is 0 Å². The Hall–Kier alpha value is -3.15. The number of halogens is 1. The molecule has 5 nitrogen and oxygen atoms in total. The van der Waals surface area contributed by atoms with E-state index in [0.29, 0.717) is 24.3 Å². The summed E-state index contributed by atoms with van der Waals surface area (Å²) in [6.07, 6.45) is 2.48. The minimum atomic E-state index is -1.01. The van der Waals surface area contributed by atoms with Crippen molar-refractivity contribution in [2.24, 2.45) is 0 Å². The largest absolute Gasteiger partial charge is 0.507 e. The maximum absolute atomic E-state index is 14.9. The van der Waals surface area contributed by atoms with Crippen LogP contribution < -0.4 is 4.74 Å². The van der Waals surface area contributed by atoms with E-state index in [1.165, 1.54) is 18.1 Å². The van der Waals surface area contributed by atoms with Crippen molar-refractivity contribution in [3.8, 4) is 5.75 Å². The molecule has 0 aliphatic carbocycles. The van der Waals surface area contributed by atoms with Crippen molar-refractivity contribution in [1.82, 2.24) is 4.90 Å². The Morgan fingerprint density at radius 3 is 2.42 bits per heavy atom. The minimum absolute atomic E-state index is 0.119. The molecule has 0 spiro atoms. The van der Waals surface area contributed by atoms with E-state index in [-0.39, 0.29) is 22.3 Å². The summed E-state index contributed by atoms with van der Waals surface area (Å²) in [5.41, 5.74) is 1.06. The van der Waals surface area contributed by atoms with E-state index in [1.807, 2.05) is 33.8 Å². The van der Waals surface area contributed by atoms with E-state index >= 15 is 0 Å². The Kier molecular flexibility index (Phi) is 7.25. The zero-order valence-corrected chi connectivity index (χ0v) is 19.9. The summed E-state index contributed by atoms with van der Waals surface area (Å²) in [5.74, 6) is -2.08. The fraction of sp³-hybridized carbons (Fsp3) is 0.407. The van der Waals surface area contributed by atoms with Gasteiger partial charge in [0.15, 0.2) is 0 Å². The molecular formula is C27H32FNO4. The number of amides is 1. The molecule has 6 heteroatoms. The quantitative estimate of drug-likeness (QED) is 0.251. The molecule has 1 amide bonds. The number of aliphatic hydroxyl groups excluding tert-OH is 1. The van der Waals surface area contributed by atoms with Crippen molar-refractivity contribution >= 4 is 17.4 Å². The second kappa shape index (κ2) is 9.77. The molecule has 1 atom stereocenters. The normalized spacial score (nSPS) is 18.1. The van der Waals surface area contributed by atoms with Crippen molar-refractivity contribution < 1.29 is 23.8 Å². The van der Waals surface area contributed by atoms with Crippen LogP contribution >= 0.6 is 0 Å². The zero-order valence-electron chi connectivity index (χ0n) is 19.9. The number of aliphatic hydroxyl groups is 1. The molecule has 0 radical (unpaired) electrons. The van der Waals surface area contributed by atoms with E-state index in [4.69, 9.17) is 4.74 Å².